The van der Waals surface area contributed by atoms with Crippen LogP contribution < -0.4 is 4.74 Å². The van der Waals surface area contributed by atoms with Gasteiger partial charge in [-0.1, -0.05) is 28.1 Å². The van der Waals surface area contributed by atoms with Crippen molar-refractivity contribution in [1.82, 2.24) is 0 Å². The van der Waals surface area contributed by atoms with Crippen molar-refractivity contribution in [2.24, 2.45) is 5.92 Å². The molecule has 2 rings (SSSR count). The quantitative estimate of drug-likeness (QED) is 0.751. The van der Waals surface area contributed by atoms with Crippen LogP contribution in [0, 0.1) is 5.92 Å². The first-order valence-electron chi connectivity index (χ1n) is 5.53. The van der Waals surface area contributed by atoms with Gasteiger partial charge in [-0.3, -0.25) is 0 Å². The van der Waals surface area contributed by atoms with Crippen LogP contribution in [0.3, 0.4) is 0 Å². The Morgan fingerprint density at radius 1 is 1.33 bits per heavy atom. The third-order valence-electron chi connectivity index (χ3n) is 2.80. The van der Waals surface area contributed by atoms with Crippen molar-refractivity contribution >= 4 is 15.9 Å². The van der Waals surface area contributed by atoms with Crippen LogP contribution in [0.25, 0.3) is 0 Å². The molecule has 82 valence electrons. The minimum Gasteiger partial charge on any atom is -0.491 e. The van der Waals surface area contributed by atoms with E-state index in [2.05, 4.69) is 54.0 Å². The first-order valence-corrected chi connectivity index (χ1v) is 6.65. The molecule has 0 heterocycles. The molecule has 1 nitrogen and oxygen atoms in total. The van der Waals surface area contributed by atoms with E-state index in [1.54, 1.807) is 0 Å². The van der Waals surface area contributed by atoms with E-state index in [9.17, 15) is 0 Å². The Balaban J connectivity index is 1.99. The minimum absolute atomic E-state index is 0.257. The van der Waals surface area contributed by atoms with Crippen molar-refractivity contribution in [3.8, 4) is 5.75 Å². The largest absolute Gasteiger partial charge is 0.491 e. The zero-order chi connectivity index (χ0) is 10.8. The van der Waals surface area contributed by atoms with Gasteiger partial charge >= 0.3 is 0 Å². The molecule has 0 radical (unpaired) electrons. The molecule has 0 bridgehead atoms. The van der Waals surface area contributed by atoms with Crippen molar-refractivity contribution in [1.29, 1.82) is 0 Å². The van der Waals surface area contributed by atoms with Gasteiger partial charge in [0, 0.05) is 5.33 Å². The standard InChI is InChI=1S/C13H17BrO/c1-9(2)15-12-5-3-10(4-6-12)13-7-11(13)8-14/h3-6,9,11,13H,7-8H2,1-2H3. The molecule has 0 N–H and O–H groups in total. The van der Waals surface area contributed by atoms with Gasteiger partial charge in [0.2, 0.25) is 0 Å². The van der Waals surface area contributed by atoms with Crippen molar-refractivity contribution in [2.75, 3.05) is 5.33 Å². The monoisotopic (exact) mass is 268 g/mol. The maximum Gasteiger partial charge on any atom is 0.119 e. The summed E-state index contributed by atoms with van der Waals surface area (Å²) in [4.78, 5) is 0. The van der Waals surface area contributed by atoms with Crippen LogP contribution >= 0.6 is 15.9 Å². The molecular formula is C13H17BrO. The van der Waals surface area contributed by atoms with E-state index < -0.39 is 0 Å². The van der Waals surface area contributed by atoms with E-state index in [-0.39, 0.29) is 6.10 Å². The Morgan fingerprint density at radius 2 is 2.00 bits per heavy atom. The number of benzene rings is 1. The fraction of sp³-hybridized carbons (Fsp3) is 0.538. The molecule has 0 amide bonds. The highest BCUT2D eigenvalue weighted by Gasteiger charge is 2.36. The van der Waals surface area contributed by atoms with Gasteiger partial charge in [0.15, 0.2) is 0 Å². The highest BCUT2D eigenvalue weighted by Crippen LogP contribution is 2.48. The molecule has 1 saturated carbocycles. The van der Waals surface area contributed by atoms with E-state index >= 15 is 0 Å². The van der Waals surface area contributed by atoms with Crippen LogP contribution in [-0.4, -0.2) is 11.4 Å². The predicted octanol–water partition coefficient (Wildman–Crippen LogP) is 3.97. The third kappa shape index (κ3) is 2.75. The van der Waals surface area contributed by atoms with Gasteiger partial charge in [-0.15, -0.1) is 0 Å². The van der Waals surface area contributed by atoms with Gasteiger partial charge in [-0.25, -0.2) is 0 Å². The molecule has 1 aromatic rings. The Kier molecular flexibility index (Phi) is 3.35. The van der Waals surface area contributed by atoms with Gasteiger partial charge < -0.3 is 4.74 Å². The number of rotatable bonds is 4. The molecule has 0 aliphatic heterocycles. The molecule has 1 aliphatic rings. The zero-order valence-corrected chi connectivity index (χ0v) is 10.8. The maximum atomic E-state index is 5.61. The topological polar surface area (TPSA) is 9.23 Å². The summed E-state index contributed by atoms with van der Waals surface area (Å²) in [5.41, 5.74) is 1.45. The molecule has 2 unspecified atom stereocenters. The van der Waals surface area contributed by atoms with Gasteiger partial charge in [-0.2, -0.15) is 0 Å². The Bertz CT molecular complexity index is 318. The fourth-order valence-electron chi connectivity index (χ4n) is 1.89. The lowest BCUT2D eigenvalue weighted by molar-refractivity contribution is 0.242. The average Bonchev–Trinajstić information content (AvgIpc) is 2.97. The minimum atomic E-state index is 0.257. The summed E-state index contributed by atoms with van der Waals surface area (Å²) in [5.74, 6) is 2.60. The smallest absolute Gasteiger partial charge is 0.119 e. The van der Waals surface area contributed by atoms with E-state index in [0.29, 0.717) is 0 Å². The first kappa shape index (κ1) is 11.0. The Labute approximate surface area is 100.0 Å². The molecule has 2 heteroatoms. The summed E-state index contributed by atoms with van der Waals surface area (Å²) in [6.45, 7) is 4.10. The summed E-state index contributed by atoms with van der Waals surface area (Å²) in [6, 6.07) is 8.56. The molecule has 1 aliphatic carbocycles. The van der Waals surface area contributed by atoms with E-state index in [4.69, 9.17) is 4.74 Å². The third-order valence-corrected chi connectivity index (χ3v) is 3.63. The number of ether oxygens (including phenoxy) is 1. The summed E-state index contributed by atoms with van der Waals surface area (Å²) < 4.78 is 5.61. The number of alkyl halides is 1. The number of hydrogen-bond acceptors (Lipinski definition) is 1. The second-order valence-corrected chi connectivity index (χ2v) is 5.14. The van der Waals surface area contributed by atoms with Gasteiger partial charge in [0.05, 0.1) is 6.10 Å². The second-order valence-electron chi connectivity index (χ2n) is 4.49. The molecule has 1 fully saturated rings. The molecule has 1 aromatic carbocycles. The average molecular weight is 269 g/mol. The van der Waals surface area contributed by atoms with Crippen LogP contribution in [0.2, 0.25) is 0 Å². The first-order chi connectivity index (χ1) is 7.20. The molecule has 15 heavy (non-hydrogen) atoms. The molecule has 0 saturated heterocycles. The summed E-state index contributed by atoms with van der Waals surface area (Å²) >= 11 is 3.54. The Morgan fingerprint density at radius 3 is 2.47 bits per heavy atom. The lowest BCUT2D eigenvalue weighted by Crippen LogP contribution is -2.05. The molecule has 0 spiro atoms. The normalized spacial score (nSPS) is 24.3. The zero-order valence-electron chi connectivity index (χ0n) is 9.24. The number of halogens is 1. The highest BCUT2D eigenvalue weighted by molar-refractivity contribution is 9.09. The van der Waals surface area contributed by atoms with Crippen molar-refractivity contribution < 1.29 is 4.74 Å². The van der Waals surface area contributed by atoms with Gasteiger partial charge in [-0.05, 0) is 49.8 Å². The van der Waals surface area contributed by atoms with Crippen LogP contribution in [-0.2, 0) is 0 Å². The maximum absolute atomic E-state index is 5.61. The SMILES string of the molecule is CC(C)Oc1ccc(C2CC2CBr)cc1. The van der Waals surface area contributed by atoms with Crippen molar-refractivity contribution in [3.63, 3.8) is 0 Å². The molecule has 0 aromatic heterocycles. The van der Waals surface area contributed by atoms with Crippen LogP contribution in [0.5, 0.6) is 5.75 Å². The Hall–Kier alpha value is -0.500. The lowest BCUT2D eigenvalue weighted by atomic mass is 10.1. The summed E-state index contributed by atoms with van der Waals surface area (Å²) in [5, 5.41) is 1.13. The lowest BCUT2D eigenvalue weighted by Gasteiger charge is -2.09. The van der Waals surface area contributed by atoms with Crippen LogP contribution in [0.1, 0.15) is 31.7 Å². The van der Waals surface area contributed by atoms with Crippen LogP contribution in [0.15, 0.2) is 24.3 Å². The van der Waals surface area contributed by atoms with E-state index in [0.717, 1.165) is 22.9 Å². The molecule has 2 atom stereocenters. The van der Waals surface area contributed by atoms with E-state index in [1.807, 2.05) is 0 Å². The summed E-state index contributed by atoms with van der Waals surface area (Å²) in [6.07, 6.45) is 1.59. The fourth-order valence-corrected chi connectivity index (χ4v) is 2.61. The summed E-state index contributed by atoms with van der Waals surface area (Å²) in [7, 11) is 0. The van der Waals surface area contributed by atoms with Gasteiger partial charge in [0.1, 0.15) is 5.75 Å². The van der Waals surface area contributed by atoms with E-state index in [1.165, 1.54) is 12.0 Å². The van der Waals surface area contributed by atoms with Crippen LogP contribution in [0.4, 0.5) is 0 Å². The molecular weight excluding hydrogens is 252 g/mol. The highest BCUT2D eigenvalue weighted by atomic mass is 79.9. The predicted molar refractivity (Wildman–Crippen MR) is 66.8 cm³/mol. The number of hydrogen-bond donors (Lipinski definition) is 0. The second kappa shape index (κ2) is 4.56. The van der Waals surface area contributed by atoms with Gasteiger partial charge in [0.25, 0.3) is 0 Å². The van der Waals surface area contributed by atoms with Crippen molar-refractivity contribution in [2.45, 2.75) is 32.3 Å². The van der Waals surface area contributed by atoms with Crippen molar-refractivity contribution in [3.05, 3.63) is 29.8 Å².